The van der Waals surface area contributed by atoms with Crippen molar-refractivity contribution in [1.29, 1.82) is 0 Å². The van der Waals surface area contributed by atoms with E-state index >= 15 is 0 Å². The van der Waals surface area contributed by atoms with Crippen LogP contribution in [-0.2, 0) is 4.74 Å². The van der Waals surface area contributed by atoms with Gasteiger partial charge in [-0.15, -0.1) is 0 Å². The summed E-state index contributed by atoms with van der Waals surface area (Å²) in [6.07, 6.45) is 1.95. The van der Waals surface area contributed by atoms with Gasteiger partial charge in [-0.05, 0) is 57.9 Å². The highest BCUT2D eigenvalue weighted by molar-refractivity contribution is 6.03. The molecule has 0 spiro atoms. The summed E-state index contributed by atoms with van der Waals surface area (Å²) in [6, 6.07) is 9.02. The molecule has 25 heavy (non-hydrogen) atoms. The van der Waals surface area contributed by atoms with Crippen LogP contribution in [0.3, 0.4) is 0 Å². The van der Waals surface area contributed by atoms with Crippen molar-refractivity contribution in [1.82, 2.24) is 10.2 Å². The summed E-state index contributed by atoms with van der Waals surface area (Å²) in [7, 11) is 0. The molecule has 1 aromatic heterocycles. The topological polar surface area (TPSA) is 76.2 Å². The lowest BCUT2D eigenvalue weighted by atomic mass is 9.97. The number of rotatable bonds is 4. The van der Waals surface area contributed by atoms with Gasteiger partial charge >= 0.3 is 0 Å². The molecule has 1 fully saturated rings. The first-order valence-electron chi connectivity index (χ1n) is 8.64. The van der Waals surface area contributed by atoms with Gasteiger partial charge < -0.3 is 14.8 Å². The lowest BCUT2D eigenvalue weighted by Gasteiger charge is -2.21. The van der Waals surface area contributed by atoms with Crippen LogP contribution in [0.25, 0.3) is 0 Å². The minimum absolute atomic E-state index is 0.188. The second-order valence-corrected chi connectivity index (χ2v) is 7.29. The Morgan fingerprint density at radius 1 is 1.24 bits per heavy atom. The second-order valence-electron chi connectivity index (χ2n) is 7.29. The fourth-order valence-electron chi connectivity index (χ4n) is 2.83. The molecule has 2 N–H and O–H groups in total. The Bertz CT molecular complexity index is 710. The molecule has 1 amide bonds. The number of carbonyl (C=O) groups excluding carboxylic acids is 1. The molecule has 3 rings (SSSR count). The molecule has 0 unspecified atom stereocenters. The Balaban J connectivity index is 1.61. The lowest BCUT2D eigenvalue weighted by molar-refractivity contribution is 0.0845. The summed E-state index contributed by atoms with van der Waals surface area (Å²) >= 11 is 0. The number of carbonyl (C=O) groups is 1. The van der Waals surface area contributed by atoms with Crippen molar-refractivity contribution in [2.24, 2.45) is 0 Å². The number of aromatic amines is 1. The van der Waals surface area contributed by atoms with Crippen molar-refractivity contribution in [2.45, 2.75) is 45.1 Å². The van der Waals surface area contributed by atoms with E-state index in [4.69, 9.17) is 9.47 Å². The molecule has 134 valence electrons. The van der Waals surface area contributed by atoms with Crippen LogP contribution in [0.5, 0.6) is 5.75 Å². The third-order valence-corrected chi connectivity index (χ3v) is 4.04. The highest BCUT2D eigenvalue weighted by Gasteiger charge is 2.19. The molecule has 0 radical (unpaired) electrons. The zero-order valence-corrected chi connectivity index (χ0v) is 15.0. The zero-order valence-electron chi connectivity index (χ0n) is 15.0. The first-order chi connectivity index (χ1) is 11.9. The van der Waals surface area contributed by atoms with E-state index in [1.165, 1.54) is 0 Å². The van der Waals surface area contributed by atoms with Crippen molar-refractivity contribution in [3.8, 4) is 5.75 Å². The van der Waals surface area contributed by atoms with E-state index in [1.54, 1.807) is 24.3 Å². The molecule has 1 saturated heterocycles. The number of H-pyrrole nitrogens is 1. The molecular weight excluding hydrogens is 318 g/mol. The van der Waals surface area contributed by atoms with Crippen LogP contribution in [-0.4, -0.2) is 34.9 Å². The Morgan fingerprint density at radius 2 is 1.92 bits per heavy atom. The maximum atomic E-state index is 12.4. The van der Waals surface area contributed by atoms with Crippen LogP contribution in [0, 0.1) is 0 Å². The van der Waals surface area contributed by atoms with E-state index in [0.717, 1.165) is 37.5 Å². The molecular formula is C19H25N3O3. The maximum Gasteiger partial charge on any atom is 0.256 e. The summed E-state index contributed by atoms with van der Waals surface area (Å²) in [5, 5.41) is 10.1. The van der Waals surface area contributed by atoms with Crippen molar-refractivity contribution in [3.63, 3.8) is 0 Å². The fourth-order valence-corrected chi connectivity index (χ4v) is 2.83. The van der Waals surface area contributed by atoms with E-state index < -0.39 is 0 Å². The Kier molecular flexibility index (Phi) is 5.08. The van der Waals surface area contributed by atoms with Gasteiger partial charge in [-0.3, -0.25) is 9.89 Å². The van der Waals surface area contributed by atoms with Gasteiger partial charge in [0.05, 0.1) is 0 Å². The molecule has 1 aliphatic heterocycles. The van der Waals surface area contributed by atoms with Gasteiger partial charge in [-0.1, -0.05) is 0 Å². The molecule has 1 aliphatic rings. The number of hydrogen-bond acceptors (Lipinski definition) is 4. The standard InChI is InChI=1S/C19H25N3O3/c1-19(2,3)25-15-6-4-14(5-7-15)18(23)20-17-12-16(21-22-17)13-8-10-24-11-9-13/h4-7,12-13H,8-11H2,1-3H3,(H2,20,21,22,23). The smallest absolute Gasteiger partial charge is 0.256 e. The minimum Gasteiger partial charge on any atom is -0.488 e. The quantitative estimate of drug-likeness (QED) is 0.887. The van der Waals surface area contributed by atoms with Crippen LogP contribution in [0.2, 0.25) is 0 Å². The second kappa shape index (κ2) is 7.27. The van der Waals surface area contributed by atoms with Crippen molar-refractivity contribution < 1.29 is 14.3 Å². The SMILES string of the molecule is CC(C)(C)Oc1ccc(C(=O)Nc2cc(C3CCOCC3)[nH]n2)cc1. The summed E-state index contributed by atoms with van der Waals surface area (Å²) < 4.78 is 11.1. The summed E-state index contributed by atoms with van der Waals surface area (Å²) in [4.78, 5) is 12.4. The summed E-state index contributed by atoms with van der Waals surface area (Å²) in [6.45, 7) is 7.51. The number of aromatic nitrogens is 2. The van der Waals surface area contributed by atoms with Gasteiger partial charge in [0, 0.05) is 36.5 Å². The van der Waals surface area contributed by atoms with Crippen LogP contribution in [0.4, 0.5) is 5.82 Å². The molecule has 6 heteroatoms. The van der Waals surface area contributed by atoms with E-state index in [-0.39, 0.29) is 11.5 Å². The molecule has 6 nitrogen and oxygen atoms in total. The minimum atomic E-state index is -0.265. The number of ether oxygens (including phenoxy) is 2. The molecule has 0 atom stereocenters. The van der Waals surface area contributed by atoms with Crippen LogP contribution < -0.4 is 10.1 Å². The molecule has 1 aromatic carbocycles. The lowest BCUT2D eigenvalue weighted by Crippen LogP contribution is -2.23. The van der Waals surface area contributed by atoms with E-state index in [2.05, 4.69) is 15.5 Å². The van der Waals surface area contributed by atoms with Gasteiger partial charge in [0.15, 0.2) is 5.82 Å². The number of hydrogen-bond donors (Lipinski definition) is 2. The van der Waals surface area contributed by atoms with Crippen molar-refractivity contribution in [3.05, 3.63) is 41.6 Å². The predicted molar refractivity (Wildman–Crippen MR) is 96.2 cm³/mol. The summed E-state index contributed by atoms with van der Waals surface area (Å²) in [5.41, 5.74) is 1.35. The average molecular weight is 343 g/mol. The first kappa shape index (κ1) is 17.5. The van der Waals surface area contributed by atoms with Crippen molar-refractivity contribution in [2.75, 3.05) is 18.5 Å². The van der Waals surface area contributed by atoms with Gasteiger partial charge in [-0.25, -0.2) is 0 Å². The molecule has 2 aromatic rings. The molecule has 0 aliphatic carbocycles. The van der Waals surface area contributed by atoms with Crippen molar-refractivity contribution >= 4 is 11.7 Å². The van der Waals surface area contributed by atoms with E-state index in [9.17, 15) is 4.79 Å². The highest BCUT2D eigenvalue weighted by Crippen LogP contribution is 2.26. The third-order valence-electron chi connectivity index (χ3n) is 4.04. The Morgan fingerprint density at radius 3 is 2.56 bits per heavy atom. The molecule has 2 heterocycles. The van der Waals surface area contributed by atoms with Gasteiger partial charge in [0.2, 0.25) is 0 Å². The third kappa shape index (κ3) is 4.82. The summed E-state index contributed by atoms with van der Waals surface area (Å²) in [5.74, 6) is 1.51. The maximum absolute atomic E-state index is 12.4. The van der Waals surface area contributed by atoms with Crippen LogP contribution >= 0.6 is 0 Å². The predicted octanol–water partition coefficient (Wildman–Crippen LogP) is 3.73. The number of anilines is 1. The van der Waals surface area contributed by atoms with E-state index in [0.29, 0.717) is 17.3 Å². The van der Waals surface area contributed by atoms with Gasteiger partial charge in [0.1, 0.15) is 11.4 Å². The van der Waals surface area contributed by atoms with Crippen LogP contribution in [0.1, 0.15) is 55.6 Å². The average Bonchev–Trinajstić information content (AvgIpc) is 3.03. The Labute approximate surface area is 147 Å². The van der Waals surface area contributed by atoms with Crippen LogP contribution in [0.15, 0.2) is 30.3 Å². The van der Waals surface area contributed by atoms with Gasteiger partial charge in [-0.2, -0.15) is 5.10 Å². The monoisotopic (exact) mass is 343 g/mol. The number of amides is 1. The normalized spacial score (nSPS) is 15.8. The van der Waals surface area contributed by atoms with E-state index in [1.807, 2.05) is 26.8 Å². The number of benzene rings is 1. The number of nitrogens with one attached hydrogen (secondary N) is 2. The largest absolute Gasteiger partial charge is 0.488 e. The zero-order chi connectivity index (χ0) is 17.9. The first-order valence-corrected chi connectivity index (χ1v) is 8.64. The molecule has 0 bridgehead atoms. The number of nitrogens with zero attached hydrogens (tertiary/aromatic N) is 1. The van der Waals surface area contributed by atoms with Gasteiger partial charge in [0.25, 0.3) is 5.91 Å². The Hall–Kier alpha value is -2.34. The fraction of sp³-hybridized carbons (Fsp3) is 0.474. The molecule has 0 saturated carbocycles. The highest BCUT2D eigenvalue weighted by atomic mass is 16.5.